The molecule has 324 valence electrons. The van der Waals surface area contributed by atoms with E-state index in [4.69, 9.17) is 41.3 Å². The second kappa shape index (κ2) is 27.8. The zero-order valence-electron chi connectivity index (χ0n) is 34.8. The van der Waals surface area contributed by atoms with E-state index in [0.29, 0.717) is 30.6 Å². The summed E-state index contributed by atoms with van der Waals surface area (Å²) in [4.78, 5) is 11.0. The molecule has 9 atom stereocenters. The predicted molar refractivity (Wildman–Crippen MR) is 225 cm³/mol. The first-order valence-electron chi connectivity index (χ1n) is 18.6. The summed E-state index contributed by atoms with van der Waals surface area (Å²) in [6.07, 6.45) is -2.11. The van der Waals surface area contributed by atoms with Crippen LogP contribution in [0.25, 0.3) is 0 Å². The van der Waals surface area contributed by atoms with Gasteiger partial charge in [-0.3, -0.25) is 41.0 Å². The van der Waals surface area contributed by atoms with Gasteiger partial charge in [-0.1, -0.05) is 52.9 Å². The molecular formula is C33H70O14P4S3. The van der Waals surface area contributed by atoms with E-state index in [9.17, 15) is 23.1 Å². The molecule has 21 heteroatoms. The van der Waals surface area contributed by atoms with Crippen LogP contribution in [0, 0.1) is 17.8 Å². The van der Waals surface area contributed by atoms with Crippen LogP contribution in [0.1, 0.15) is 123 Å². The van der Waals surface area contributed by atoms with Crippen molar-refractivity contribution in [1.82, 2.24) is 0 Å². The summed E-state index contributed by atoms with van der Waals surface area (Å²) < 4.78 is 101. The maximum absolute atomic E-state index is 14.3. The monoisotopic (exact) mass is 910 g/mol. The van der Waals surface area contributed by atoms with Crippen molar-refractivity contribution >= 4 is 68.8 Å². The molecule has 54 heavy (non-hydrogen) atoms. The molecule has 0 radical (unpaired) electrons. The Labute approximate surface area is 338 Å². The molecule has 0 aliphatic carbocycles. The van der Waals surface area contributed by atoms with Crippen molar-refractivity contribution in [3.63, 3.8) is 0 Å². The third-order valence-electron chi connectivity index (χ3n) is 6.53. The summed E-state index contributed by atoms with van der Waals surface area (Å²) in [7, 11) is -6.90. The first kappa shape index (κ1) is 55.1. The lowest BCUT2D eigenvalue weighted by molar-refractivity contribution is -0.136. The Balaban J connectivity index is 6.02. The summed E-state index contributed by atoms with van der Waals surface area (Å²) in [6.45, 7) is 18.0. The van der Waals surface area contributed by atoms with E-state index in [1.165, 1.54) is 6.92 Å². The highest BCUT2D eigenvalue weighted by Crippen LogP contribution is 2.64. The Morgan fingerprint density at radius 2 is 1.04 bits per heavy atom. The van der Waals surface area contributed by atoms with E-state index in [1.54, 1.807) is 27.7 Å². The summed E-state index contributed by atoms with van der Waals surface area (Å²) in [5, 5.41) is 9.03. The molecule has 0 aliphatic heterocycles. The minimum Gasteiger partial charge on any atom is -0.481 e. The van der Waals surface area contributed by atoms with E-state index in [-0.39, 0.29) is 42.0 Å². The number of hydrogen-bond donors (Lipinski definition) is 1. The van der Waals surface area contributed by atoms with Crippen LogP contribution in [0.3, 0.4) is 0 Å². The zero-order valence-corrected chi connectivity index (χ0v) is 40.9. The molecule has 0 amide bonds. The highest BCUT2D eigenvalue weighted by atomic mass is 32.7. The lowest BCUT2D eigenvalue weighted by Gasteiger charge is -2.28. The fourth-order valence-corrected chi connectivity index (χ4v) is 17.4. The molecule has 9 unspecified atom stereocenters. The van der Waals surface area contributed by atoms with Gasteiger partial charge >= 0.3 is 27.4 Å². The molecular weight excluding hydrogens is 840 g/mol. The minimum atomic E-state index is -4.42. The van der Waals surface area contributed by atoms with Crippen molar-refractivity contribution in [3.05, 3.63) is 0 Å². The van der Waals surface area contributed by atoms with Crippen molar-refractivity contribution in [3.8, 4) is 0 Å². The lowest BCUT2D eigenvalue weighted by Crippen LogP contribution is -2.21. The highest BCUT2D eigenvalue weighted by Gasteiger charge is 2.38. The molecule has 0 heterocycles. The number of carboxylic acid groups (broad SMARTS) is 1. The van der Waals surface area contributed by atoms with Crippen LogP contribution in [-0.4, -0.2) is 77.7 Å². The van der Waals surface area contributed by atoms with Gasteiger partial charge in [0.05, 0.1) is 55.8 Å². The Morgan fingerprint density at radius 3 is 1.50 bits per heavy atom. The third-order valence-corrected chi connectivity index (χ3v) is 19.3. The first-order valence-corrected chi connectivity index (χ1v) is 29.4. The summed E-state index contributed by atoms with van der Waals surface area (Å²) in [5.74, 6) is 0.104. The van der Waals surface area contributed by atoms with Crippen LogP contribution in [0.4, 0.5) is 0 Å². The van der Waals surface area contributed by atoms with Gasteiger partial charge in [0.2, 0.25) is 7.23 Å². The smallest absolute Gasteiger partial charge is 0.475 e. The largest absolute Gasteiger partial charge is 0.481 e. The van der Waals surface area contributed by atoms with E-state index in [0.717, 1.165) is 40.6 Å². The van der Waals surface area contributed by atoms with Gasteiger partial charge in [0.15, 0.2) is 0 Å². The average molecular weight is 911 g/mol. The average Bonchev–Trinajstić information content (AvgIpc) is 2.95. The van der Waals surface area contributed by atoms with Crippen LogP contribution >= 0.6 is 62.8 Å². The number of aliphatic carboxylic acids is 1. The molecule has 0 bridgehead atoms. The molecule has 0 rings (SSSR count). The Kier molecular flexibility index (Phi) is 28.4. The number of rotatable bonds is 33. The first-order chi connectivity index (χ1) is 24.8. The molecule has 0 saturated carbocycles. The number of hydrogen-bond acceptors (Lipinski definition) is 16. The maximum atomic E-state index is 14.3. The van der Waals surface area contributed by atoms with Gasteiger partial charge in [-0.2, -0.15) is 0 Å². The van der Waals surface area contributed by atoms with Crippen LogP contribution in [0.5, 0.6) is 0 Å². The zero-order chi connectivity index (χ0) is 41.9. The van der Waals surface area contributed by atoms with Crippen LogP contribution in [-0.2, 0) is 59.2 Å². The van der Waals surface area contributed by atoms with Crippen molar-refractivity contribution in [2.45, 2.75) is 165 Å². The predicted octanol–water partition coefficient (Wildman–Crippen LogP) is 12.4. The molecule has 0 aliphatic rings. The molecule has 0 fully saturated rings. The van der Waals surface area contributed by atoms with Gasteiger partial charge in [0.25, 0.3) is 0 Å². The van der Waals surface area contributed by atoms with Crippen molar-refractivity contribution in [1.29, 1.82) is 0 Å². The maximum Gasteiger partial charge on any atom is 0.475 e. The normalized spacial score (nSPS) is 19.9. The van der Waals surface area contributed by atoms with Crippen molar-refractivity contribution in [2.24, 2.45) is 17.8 Å². The van der Waals surface area contributed by atoms with Crippen molar-refractivity contribution < 1.29 is 64.4 Å². The second-order valence-corrected chi connectivity index (χ2v) is 27.9. The molecule has 0 aromatic heterocycles. The third kappa shape index (κ3) is 28.5. The number of phosphoric acid groups is 1. The highest BCUT2D eigenvalue weighted by molar-refractivity contribution is 8.55. The standard InChI is InChI=1S/C33H70O14P4S3/c1-23(2)17-27(9)41-48(36)52-21-31(13)43-49(37,40-20-30(12)47-50(38,42-26(7)8)53-16-15-33(34)35)44-32(14)22-54-51(39,45-28(10)18-24(3)4)46-29(11)19-25(5)6/h23-32,48H,15-22H2,1-14H3,(H,34,35). The lowest BCUT2D eigenvalue weighted by atomic mass is 10.1. The minimum absolute atomic E-state index is 0.0190. The number of phosphoric ester groups is 1. The number of carboxylic acids is 1. The Morgan fingerprint density at radius 1 is 0.593 bits per heavy atom. The fourth-order valence-electron chi connectivity index (χ4n) is 4.86. The molecule has 1 N–H and O–H groups in total. The second-order valence-electron chi connectivity index (χ2n) is 15.0. The van der Waals surface area contributed by atoms with E-state index in [1.807, 2.05) is 48.5 Å². The summed E-state index contributed by atoms with van der Waals surface area (Å²) in [5.41, 5.74) is 0. The SMILES string of the molecule is CC(C)CC(C)O[PH](=O)SCC(C)OP(=O)(OCC(C)OP(=O)(OC(C)C)SCCC(=O)O)OC(C)CSP(=O)(OC(C)CC(C)C)OC(C)CC(C)C. The number of carbonyl (C=O) groups is 1. The molecule has 0 saturated heterocycles. The van der Waals surface area contributed by atoms with Crippen LogP contribution < -0.4 is 0 Å². The fraction of sp³-hybridized carbons (Fsp3) is 0.970. The molecule has 14 nitrogen and oxygen atoms in total. The summed E-state index contributed by atoms with van der Waals surface area (Å²) >= 11 is 2.75. The van der Waals surface area contributed by atoms with Gasteiger partial charge in [0, 0.05) is 17.3 Å². The summed E-state index contributed by atoms with van der Waals surface area (Å²) in [6, 6.07) is 0. The van der Waals surface area contributed by atoms with Gasteiger partial charge in [-0.05, 0) is 115 Å². The Bertz CT molecular complexity index is 1210. The van der Waals surface area contributed by atoms with E-state index >= 15 is 0 Å². The van der Waals surface area contributed by atoms with Crippen LogP contribution in [0.2, 0.25) is 0 Å². The Hall–Kier alpha value is 1.12. The molecule has 0 aromatic rings. The van der Waals surface area contributed by atoms with Gasteiger partial charge in [-0.25, -0.2) is 13.7 Å². The molecule has 0 spiro atoms. The van der Waals surface area contributed by atoms with E-state index < -0.39 is 65.6 Å². The van der Waals surface area contributed by atoms with Gasteiger partial charge in [-0.15, -0.1) is 0 Å². The van der Waals surface area contributed by atoms with Crippen molar-refractivity contribution in [2.75, 3.05) is 23.9 Å². The quantitative estimate of drug-likeness (QED) is 0.0614. The van der Waals surface area contributed by atoms with Crippen LogP contribution in [0.15, 0.2) is 0 Å². The van der Waals surface area contributed by atoms with Gasteiger partial charge in [0.1, 0.15) is 0 Å². The van der Waals surface area contributed by atoms with E-state index in [2.05, 4.69) is 13.8 Å². The van der Waals surface area contributed by atoms with Gasteiger partial charge < -0.3 is 9.63 Å². The molecule has 0 aromatic carbocycles. The topological polar surface area (TPSA) is 179 Å².